The molecule has 3 rings (SSSR count). The topological polar surface area (TPSA) is 54.5 Å². The van der Waals surface area contributed by atoms with Crippen molar-refractivity contribution in [3.05, 3.63) is 39.7 Å². The predicted octanol–water partition coefficient (Wildman–Crippen LogP) is 3.58. The number of nitrogens with one attached hydrogen (secondary N) is 1. The lowest BCUT2D eigenvalue weighted by molar-refractivity contribution is -0.121. The highest BCUT2D eigenvalue weighted by Crippen LogP contribution is 2.28. The smallest absolute Gasteiger partial charge is 0.225 e. The Labute approximate surface area is 172 Å². The quantitative estimate of drug-likeness (QED) is 0.804. The molecule has 152 valence electrons. The maximum absolute atomic E-state index is 12.6. The zero-order valence-corrected chi connectivity index (χ0v) is 18.3. The van der Waals surface area contributed by atoms with Crippen LogP contribution in [0.1, 0.15) is 36.2 Å². The lowest BCUT2D eigenvalue weighted by Gasteiger charge is -2.39. The summed E-state index contributed by atoms with van der Waals surface area (Å²) in [6.07, 6.45) is 0.843. The largest absolute Gasteiger partial charge is 0.373 e. The molecule has 2 aromatic rings. The molecule has 1 N–H and O–H groups in total. The van der Waals surface area contributed by atoms with E-state index in [-0.39, 0.29) is 24.2 Å². The molecule has 0 spiro atoms. The van der Waals surface area contributed by atoms with E-state index >= 15 is 0 Å². The van der Waals surface area contributed by atoms with Gasteiger partial charge in [-0.25, -0.2) is 4.98 Å². The van der Waals surface area contributed by atoms with Crippen molar-refractivity contribution in [2.45, 2.75) is 59.3 Å². The van der Waals surface area contributed by atoms with Crippen molar-refractivity contribution in [2.75, 3.05) is 19.6 Å². The number of ether oxygens (including phenoxy) is 1. The number of carbonyl (C=O) groups is 1. The van der Waals surface area contributed by atoms with Gasteiger partial charge in [0.05, 0.1) is 29.3 Å². The number of carbonyl (C=O) groups excluding carboxylic acids is 1. The van der Waals surface area contributed by atoms with E-state index in [0.717, 1.165) is 34.2 Å². The Morgan fingerprint density at radius 2 is 1.89 bits per heavy atom. The fourth-order valence-corrected chi connectivity index (χ4v) is 4.66. The number of hydrogen-bond donors (Lipinski definition) is 1. The Kier molecular flexibility index (Phi) is 6.86. The zero-order valence-electron chi connectivity index (χ0n) is 17.5. The number of amides is 1. The van der Waals surface area contributed by atoms with E-state index in [2.05, 4.69) is 67.2 Å². The molecule has 1 amide bonds. The van der Waals surface area contributed by atoms with Crippen molar-refractivity contribution in [1.82, 2.24) is 15.2 Å². The van der Waals surface area contributed by atoms with Crippen LogP contribution < -0.4 is 5.32 Å². The second-order valence-corrected chi connectivity index (χ2v) is 9.20. The highest BCUT2D eigenvalue weighted by atomic mass is 32.1. The maximum atomic E-state index is 12.6. The second-order valence-electron chi connectivity index (χ2n) is 7.91. The minimum absolute atomic E-state index is 0.0539. The third-order valence-corrected chi connectivity index (χ3v) is 6.09. The van der Waals surface area contributed by atoms with Gasteiger partial charge in [-0.3, -0.25) is 9.69 Å². The molecule has 1 saturated heterocycles. The van der Waals surface area contributed by atoms with Crippen molar-refractivity contribution in [1.29, 1.82) is 0 Å². The molecule has 0 saturated carbocycles. The number of thiazole rings is 1. The van der Waals surface area contributed by atoms with Crippen LogP contribution in [0.4, 0.5) is 0 Å². The van der Waals surface area contributed by atoms with Crippen LogP contribution in [0.5, 0.6) is 0 Å². The Morgan fingerprint density at radius 3 is 2.54 bits per heavy atom. The van der Waals surface area contributed by atoms with Gasteiger partial charge in [0.2, 0.25) is 5.91 Å². The minimum Gasteiger partial charge on any atom is -0.373 e. The molecule has 6 heteroatoms. The molecular formula is C22H31N3O2S. The van der Waals surface area contributed by atoms with E-state index in [0.29, 0.717) is 13.0 Å². The van der Waals surface area contributed by atoms with E-state index < -0.39 is 0 Å². The number of benzene rings is 1. The van der Waals surface area contributed by atoms with E-state index in [4.69, 9.17) is 4.74 Å². The molecule has 1 aliphatic rings. The number of rotatable bonds is 6. The predicted molar refractivity (Wildman–Crippen MR) is 115 cm³/mol. The molecule has 3 atom stereocenters. The Balaban J connectivity index is 1.59. The molecule has 0 bridgehead atoms. The summed E-state index contributed by atoms with van der Waals surface area (Å²) < 4.78 is 5.80. The standard InChI is InChI=1S/C22H31N3O2S/c1-14-6-8-19(9-7-14)22-20(28-18(5)24-22)10-21(26)23-11-15(2)25-12-16(3)27-17(4)13-25/h6-9,15-17H,10-13H2,1-5H3,(H,23,26). The van der Waals surface area contributed by atoms with Gasteiger partial charge in [0.15, 0.2) is 0 Å². The summed E-state index contributed by atoms with van der Waals surface area (Å²) >= 11 is 1.61. The average molecular weight is 402 g/mol. The van der Waals surface area contributed by atoms with E-state index in [1.54, 1.807) is 11.3 Å². The van der Waals surface area contributed by atoms with Gasteiger partial charge in [-0.1, -0.05) is 29.8 Å². The van der Waals surface area contributed by atoms with Gasteiger partial charge in [0, 0.05) is 36.1 Å². The summed E-state index contributed by atoms with van der Waals surface area (Å²) in [7, 11) is 0. The van der Waals surface area contributed by atoms with Gasteiger partial charge in [0.1, 0.15) is 0 Å². The molecule has 0 radical (unpaired) electrons. The van der Waals surface area contributed by atoms with Crippen LogP contribution in [0.3, 0.4) is 0 Å². The van der Waals surface area contributed by atoms with Gasteiger partial charge in [-0.2, -0.15) is 0 Å². The molecule has 5 nitrogen and oxygen atoms in total. The SMILES string of the molecule is Cc1ccc(-c2nc(C)sc2CC(=O)NCC(C)N2CC(C)OC(C)C2)cc1. The van der Waals surface area contributed by atoms with Crippen LogP contribution >= 0.6 is 11.3 Å². The molecule has 3 unspecified atom stereocenters. The number of aryl methyl sites for hydroxylation is 2. The molecule has 1 aliphatic heterocycles. The Hall–Kier alpha value is -1.76. The maximum Gasteiger partial charge on any atom is 0.225 e. The van der Waals surface area contributed by atoms with Crippen LogP contribution in [0.25, 0.3) is 11.3 Å². The summed E-state index contributed by atoms with van der Waals surface area (Å²) in [5, 5.41) is 4.10. The second kappa shape index (κ2) is 9.16. The third-order valence-electron chi connectivity index (χ3n) is 5.12. The third kappa shape index (κ3) is 5.40. The first-order chi connectivity index (χ1) is 13.3. The van der Waals surface area contributed by atoms with E-state index in [9.17, 15) is 4.79 Å². The lowest BCUT2D eigenvalue weighted by Crippen LogP contribution is -2.52. The van der Waals surface area contributed by atoms with Gasteiger partial charge in [-0.05, 0) is 34.6 Å². The first kappa shape index (κ1) is 21.0. The molecular weight excluding hydrogens is 370 g/mol. The number of hydrogen-bond acceptors (Lipinski definition) is 5. The minimum atomic E-state index is 0.0539. The van der Waals surface area contributed by atoms with E-state index in [1.807, 2.05) is 6.92 Å². The average Bonchev–Trinajstić information content (AvgIpc) is 2.99. The molecule has 2 heterocycles. The molecule has 1 fully saturated rings. The molecule has 1 aromatic heterocycles. The summed E-state index contributed by atoms with van der Waals surface area (Å²) in [4.78, 5) is 20.7. The van der Waals surface area contributed by atoms with E-state index in [1.165, 1.54) is 5.56 Å². The Morgan fingerprint density at radius 1 is 1.25 bits per heavy atom. The highest BCUT2D eigenvalue weighted by molar-refractivity contribution is 7.12. The highest BCUT2D eigenvalue weighted by Gasteiger charge is 2.26. The van der Waals surface area contributed by atoms with Crippen LogP contribution in [0.15, 0.2) is 24.3 Å². The van der Waals surface area contributed by atoms with Crippen molar-refractivity contribution < 1.29 is 9.53 Å². The summed E-state index contributed by atoms with van der Waals surface area (Å²) in [6.45, 7) is 12.9. The summed E-state index contributed by atoms with van der Waals surface area (Å²) in [5.74, 6) is 0.0539. The van der Waals surface area contributed by atoms with Gasteiger partial charge < -0.3 is 10.1 Å². The number of morpholine rings is 1. The van der Waals surface area contributed by atoms with Crippen LogP contribution in [0.2, 0.25) is 0 Å². The van der Waals surface area contributed by atoms with Crippen LogP contribution in [-0.4, -0.2) is 53.7 Å². The lowest BCUT2D eigenvalue weighted by atomic mass is 10.1. The summed E-state index contributed by atoms with van der Waals surface area (Å²) in [5.41, 5.74) is 3.22. The van der Waals surface area contributed by atoms with Crippen molar-refractivity contribution in [2.24, 2.45) is 0 Å². The fourth-order valence-electron chi connectivity index (χ4n) is 3.70. The van der Waals surface area contributed by atoms with Gasteiger partial charge in [-0.15, -0.1) is 11.3 Å². The van der Waals surface area contributed by atoms with Crippen LogP contribution in [0, 0.1) is 13.8 Å². The number of nitrogens with zero attached hydrogens (tertiary/aromatic N) is 2. The Bertz CT molecular complexity index is 793. The zero-order chi connectivity index (χ0) is 20.3. The van der Waals surface area contributed by atoms with Gasteiger partial charge >= 0.3 is 0 Å². The summed E-state index contributed by atoms with van der Waals surface area (Å²) in [6, 6.07) is 8.61. The van der Waals surface area contributed by atoms with Gasteiger partial charge in [0.25, 0.3) is 0 Å². The number of aromatic nitrogens is 1. The van der Waals surface area contributed by atoms with Crippen molar-refractivity contribution >= 4 is 17.2 Å². The van der Waals surface area contributed by atoms with Crippen molar-refractivity contribution in [3.8, 4) is 11.3 Å². The molecule has 1 aromatic carbocycles. The first-order valence-corrected chi connectivity index (χ1v) is 10.8. The van der Waals surface area contributed by atoms with Crippen LogP contribution in [-0.2, 0) is 16.0 Å². The molecule has 28 heavy (non-hydrogen) atoms. The monoisotopic (exact) mass is 401 g/mol. The molecule has 0 aliphatic carbocycles. The van der Waals surface area contributed by atoms with Crippen molar-refractivity contribution in [3.63, 3.8) is 0 Å². The fraction of sp³-hybridized carbons (Fsp3) is 0.545. The first-order valence-electron chi connectivity index (χ1n) is 10.0. The normalized spacial score (nSPS) is 21.5.